The molecule has 0 aromatic heterocycles. The molecule has 1 heterocycles. The lowest BCUT2D eigenvalue weighted by atomic mass is 9.74. The van der Waals surface area contributed by atoms with Gasteiger partial charge in [-0.25, -0.2) is 0 Å². The van der Waals surface area contributed by atoms with Gasteiger partial charge in [0.15, 0.2) is 0 Å². The van der Waals surface area contributed by atoms with Crippen molar-refractivity contribution in [3.63, 3.8) is 0 Å². The Labute approximate surface area is 118 Å². The number of hydrogen-bond donors (Lipinski definition) is 2. The molecular weight excluding hydrogens is 238 g/mol. The molecule has 2 unspecified atom stereocenters. The van der Waals surface area contributed by atoms with Gasteiger partial charge < -0.3 is 9.64 Å². The van der Waals surface area contributed by atoms with Crippen LogP contribution in [0, 0.1) is 5.92 Å². The van der Waals surface area contributed by atoms with Gasteiger partial charge in [-0.05, 0) is 59.5 Å². The first kappa shape index (κ1) is 15.2. The predicted molar refractivity (Wildman–Crippen MR) is 78.8 cm³/mol. The molecule has 19 heavy (non-hydrogen) atoms. The van der Waals surface area contributed by atoms with E-state index in [0.29, 0.717) is 12.0 Å². The van der Waals surface area contributed by atoms with E-state index in [1.54, 1.807) is 0 Å². The van der Waals surface area contributed by atoms with Crippen molar-refractivity contribution in [3.8, 4) is 0 Å². The van der Waals surface area contributed by atoms with E-state index < -0.39 is 0 Å². The van der Waals surface area contributed by atoms with Crippen LogP contribution in [0.5, 0.6) is 0 Å². The second-order valence-electron chi connectivity index (χ2n) is 7.18. The van der Waals surface area contributed by atoms with Gasteiger partial charge in [0.2, 0.25) is 0 Å². The molecule has 2 aliphatic rings. The minimum Gasteiger partial charge on any atom is -0.375 e. The van der Waals surface area contributed by atoms with Crippen LogP contribution < -0.4 is 11.3 Å². The smallest absolute Gasteiger partial charge is 0.0685 e. The van der Waals surface area contributed by atoms with Crippen molar-refractivity contribution in [2.45, 2.75) is 69.6 Å². The highest BCUT2D eigenvalue weighted by atomic mass is 16.5. The third-order valence-corrected chi connectivity index (χ3v) is 5.61. The quantitative estimate of drug-likeness (QED) is 0.604. The van der Waals surface area contributed by atoms with Crippen LogP contribution in [0.3, 0.4) is 0 Å². The molecule has 2 rings (SSSR count). The fraction of sp³-hybridized carbons (Fsp3) is 1.00. The average Bonchev–Trinajstić information content (AvgIpc) is 2.77. The second-order valence-corrected chi connectivity index (χ2v) is 7.18. The largest absolute Gasteiger partial charge is 0.375 e. The van der Waals surface area contributed by atoms with Gasteiger partial charge in [0.05, 0.1) is 5.60 Å². The first-order valence-corrected chi connectivity index (χ1v) is 7.69. The molecule has 1 saturated heterocycles. The van der Waals surface area contributed by atoms with Gasteiger partial charge in [-0.1, -0.05) is 12.8 Å². The summed E-state index contributed by atoms with van der Waals surface area (Å²) >= 11 is 0. The molecular formula is C15H31N3O. The van der Waals surface area contributed by atoms with Gasteiger partial charge in [0, 0.05) is 18.2 Å². The molecule has 2 atom stereocenters. The summed E-state index contributed by atoms with van der Waals surface area (Å²) in [5.41, 5.74) is 3.32. The molecule has 0 radical (unpaired) electrons. The topological polar surface area (TPSA) is 50.5 Å². The number of likely N-dealkylation sites (N-methyl/N-ethyl adjacent to an activating group) is 1. The summed E-state index contributed by atoms with van der Waals surface area (Å²) < 4.78 is 6.14. The highest BCUT2D eigenvalue weighted by Gasteiger charge is 2.45. The van der Waals surface area contributed by atoms with E-state index in [1.807, 2.05) is 0 Å². The van der Waals surface area contributed by atoms with Crippen molar-refractivity contribution in [2.24, 2.45) is 11.8 Å². The zero-order chi connectivity index (χ0) is 14.1. The normalized spacial score (nSPS) is 29.1. The summed E-state index contributed by atoms with van der Waals surface area (Å²) in [6.45, 7) is 5.44. The van der Waals surface area contributed by atoms with E-state index in [1.165, 1.54) is 32.1 Å². The summed E-state index contributed by atoms with van der Waals surface area (Å²) in [7, 11) is 4.27. The Balaban J connectivity index is 2.10. The van der Waals surface area contributed by atoms with E-state index in [9.17, 15) is 0 Å². The maximum Gasteiger partial charge on any atom is 0.0685 e. The molecule has 1 aliphatic heterocycles. The number of hydrazine groups is 1. The second kappa shape index (κ2) is 5.68. The Bertz CT molecular complexity index is 298. The molecule has 1 aliphatic carbocycles. The summed E-state index contributed by atoms with van der Waals surface area (Å²) in [6, 6.07) is 0.309. The zero-order valence-electron chi connectivity index (χ0n) is 13.0. The van der Waals surface area contributed by atoms with Crippen molar-refractivity contribution >= 4 is 0 Å². The van der Waals surface area contributed by atoms with Crippen LogP contribution in [0.25, 0.3) is 0 Å². The lowest BCUT2D eigenvalue weighted by molar-refractivity contribution is -0.105. The highest BCUT2D eigenvalue weighted by molar-refractivity contribution is 5.00. The van der Waals surface area contributed by atoms with Crippen molar-refractivity contribution in [3.05, 3.63) is 0 Å². The van der Waals surface area contributed by atoms with Crippen LogP contribution in [0.1, 0.15) is 52.4 Å². The third kappa shape index (κ3) is 2.97. The Hall–Kier alpha value is -0.160. The minimum atomic E-state index is 0.0521. The van der Waals surface area contributed by atoms with E-state index >= 15 is 0 Å². The Morgan fingerprint density at radius 2 is 1.95 bits per heavy atom. The molecule has 4 nitrogen and oxygen atoms in total. The fourth-order valence-electron chi connectivity index (χ4n) is 3.91. The molecule has 2 fully saturated rings. The maximum atomic E-state index is 6.14. The summed E-state index contributed by atoms with van der Waals surface area (Å²) in [5.74, 6) is 6.50. The van der Waals surface area contributed by atoms with Crippen LogP contribution in [0.2, 0.25) is 0 Å². The van der Waals surface area contributed by atoms with E-state index in [-0.39, 0.29) is 11.1 Å². The number of nitrogens with two attached hydrogens (primary N) is 1. The Morgan fingerprint density at radius 3 is 2.47 bits per heavy atom. The van der Waals surface area contributed by atoms with Gasteiger partial charge in [0.1, 0.15) is 0 Å². The van der Waals surface area contributed by atoms with Crippen LogP contribution in [0.4, 0.5) is 0 Å². The Morgan fingerprint density at radius 1 is 1.32 bits per heavy atom. The molecule has 1 saturated carbocycles. The molecule has 3 N–H and O–H groups in total. The van der Waals surface area contributed by atoms with Crippen LogP contribution in [0.15, 0.2) is 0 Å². The van der Waals surface area contributed by atoms with Crippen molar-refractivity contribution in [1.29, 1.82) is 0 Å². The SMILES string of the molecule is CN(C)C(C)(C)C(NN)C1CCOC2(CCCC2)C1. The average molecular weight is 269 g/mol. The molecule has 0 aromatic rings. The molecule has 0 aromatic carbocycles. The van der Waals surface area contributed by atoms with Crippen molar-refractivity contribution in [2.75, 3.05) is 20.7 Å². The van der Waals surface area contributed by atoms with Gasteiger partial charge >= 0.3 is 0 Å². The lowest BCUT2D eigenvalue weighted by Crippen LogP contribution is -2.62. The first-order chi connectivity index (χ1) is 8.91. The molecule has 4 heteroatoms. The summed E-state index contributed by atoms with van der Waals surface area (Å²) in [4.78, 5) is 2.27. The van der Waals surface area contributed by atoms with Gasteiger partial charge in [-0.3, -0.25) is 11.3 Å². The summed E-state index contributed by atoms with van der Waals surface area (Å²) in [5, 5.41) is 0. The van der Waals surface area contributed by atoms with Gasteiger partial charge in [-0.2, -0.15) is 0 Å². The summed E-state index contributed by atoms with van der Waals surface area (Å²) in [6.07, 6.45) is 7.41. The van der Waals surface area contributed by atoms with Crippen LogP contribution in [-0.2, 0) is 4.74 Å². The lowest BCUT2D eigenvalue weighted by Gasteiger charge is -2.48. The molecule has 112 valence electrons. The zero-order valence-corrected chi connectivity index (χ0v) is 13.0. The number of nitrogens with one attached hydrogen (secondary N) is 1. The van der Waals surface area contributed by atoms with Gasteiger partial charge in [0.25, 0.3) is 0 Å². The first-order valence-electron chi connectivity index (χ1n) is 7.69. The van der Waals surface area contributed by atoms with Crippen molar-refractivity contribution < 1.29 is 4.74 Å². The number of hydrogen-bond acceptors (Lipinski definition) is 4. The molecule has 0 amide bonds. The fourth-order valence-corrected chi connectivity index (χ4v) is 3.91. The van der Waals surface area contributed by atoms with Crippen LogP contribution in [-0.4, -0.2) is 42.8 Å². The number of rotatable bonds is 4. The predicted octanol–water partition coefficient (Wildman–Crippen LogP) is 1.90. The van der Waals surface area contributed by atoms with Crippen LogP contribution >= 0.6 is 0 Å². The highest BCUT2D eigenvalue weighted by Crippen LogP contribution is 2.44. The van der Waals surface area contributed by atoms with E-state index in [0.717, 1.165) is 13.0 Å². The number of nitrogens with zero attached hydrogens (tertiary/aromatic N) is 1. The minimum absolute atomic E-state index is 0.0521. The maximum absolute atomic E-state index is 6.14. The number of ether oxygens (including phenoxy) is 1. The van der Waals surface area contributed by atoms with Gasteiger partial charge in [-0.15, -0.1) is 0 Å². The monoisotopic (exact) mass is 269 g/mol. The molecule has 1 spiro atoms. The molecule has 0 bridgehead atoms. The third-order valence-electron chi connectivity index (χ3n) is 5.61. The Kier molecular flexibility index (Phi) is 4.56. The van der Waals surface area contributed by atoms with Crippen molar-refractivity contribution in [1.82, 2.24) is 10.3 Å². The van der Waals surface area contributed by atoms with E-state index in [4.69, 9.17) is 10.6 Å². The van der Waals surface area contributed by atoms with E-state index in [2.05, 4.69) is 38.3 Å². The standard InChI is InChI=1S/C15H31N3O/c1-14(2,18(3)4)13(17-16)12-7-10-19-15(11-12)8-5-6-9-15/h12-13,17H,5-11,16H2,1-4H3.